The van der Waals surface area contributed by atoms with E-state index in [1.807, 2.05) is 19.1 Å². The average Bonchev–Trinajstić information content (AvgIpc) is 2.97. The molecule has 3 nitrogen and oxygen atoms in total. The third kappa shape index (κ3) is 4.03. The standard InChI is InChI=1S/C16H25NO2/c1-3-13-6-8-14(9-7-13)16(18)12(2)17-11-15-5-4-10-19-15/h6-9,12,15-18H,3-5,10-11H2,1-2H3. The normalized spacial score (nSPS) is 22.4. The minimum absolute atomic E-state index is 0.0386. The van der Waals surface area contributed by atoms with Crippen molar-refractivity contribution in [3.8, 4) is 0 Å². The summed E-state index contributed by atoms with van der Waals surface area (Å²) >= 11 is 0. The summed E-state index contributed by atoms with van der Waals surface area (Å²) in [6.45, 7) is 5.86. The molecule has 0 aromatic heterocycles. The van der Waals surface area contributed by atoms with Gasteiger partial charge in [-0.15, -0.1) is 0 Å². The van der Waals surface area contributed by atoms with Gasteiger partial charge in [-0.3, -0.25) is 0 Å². The van der Waals surface area contributed by atoms with Crippen LogP contribution in [-0.2, 0) is 11.2 Å². The summed E-state index contributed by atoms with van der Waals surface area (Å²) in [4.78, 5) is 0. The largest absolute Gasteiger partial charge is 0.387 e. The van der Waals surface area contributed by atoms with Crippen molar-refractivity contribution in [2.24, 2.45) is 0 Å². The highest BCUT2D eigenvalue weighted by atomic mass is 16.5. The number of rotatable bonds is 6. The predicted octanol–water partition coefficient (Wildman–Crippen LogP) is 2.44. The van der Waals surface area contributed by atoms with E-state index in [4.69, 9.17) is 4.74 Å². The Hall–Kier alpha value is -0.900. The molecule has 3 unspecified atom stereocenters. The number of aliphatic hydroxyl groups is 1. The summed E-state index contributed by atoms with van der Waals surface area (Å²) in [6.07, 6.45) is 3.16. The van der Waals surface area contributed by atoms with Gasteiger partial charge in [0, 0.05) is 19.2 Å². The first-order chi connectivity index (χ1) is 9.20. The van der Waals surface area contributed by atoms with Gasteiger partial charge >= 0.3 is 0 Å². The highest BCUT2D eigenvalue weighted by Gasteiger charge is 2.20. The van der Waals surface area contributed by atoms with Crippen LogP contribution in [0.1, 0.15) is 43.9 Å². The maximum atomic E-state index is 10.3. The van der Waals surface area contributed by atoms with Crippen LogP contribution in [0.3, 0.4) is 0 Å². The Morgan fingerprint density at radius 3 is 2.68 bits per heavy atom. The Balaban J connectivity index is 1.84. The van der Waals surface area contributed by atoms with Crippen LogP contribution >= 0.6 is 0 Å². The van der Waals surface area contributed by atoms with Gasteiger partial charge in [0.05, 0.1) is 12.2 Å². The SMILES string of the molecule is CCc1ccc(C(O)C(C)NCC2CCCO2)cc1. The van der Waals surface area contributed by atoms with Crippen LogP contribution in [0, 0.1) is 0 Å². The van der Waals surface area contributed by atoms with Crippen molar-refractivity contribution in [2.45, 2.75) is 51.4 Å². The van der Waals surface area contributed by atoms with E-state index in [9.17, 15) is 5.11 Å². The molecule has 106 valence electrons. The summed E-state index contributed by atoms with van der Waals surface area (Å²) in [5, 5.41) is 13.7. The molecule has 1 aliphatic rings. The van der Waals surface area contributed by atoms with E-state index in [-0.39, 0.29) is 6.04 Å². The van der Waals surface area contributed by atoms with Crippen LogP contribution in [0.4, 0.5) is 0 Å². The third-order valence-electron chi connectivity index (χ3n) is 3.89. The zero-order valence-corrected chi connectivity index (χ0v) is 11.9. The molecule has 3 atom stereocenters. The maximum Gasteiger partial charge on any atom is 0.0940 e. The van der Waals surface area contributed by atoms with Gasteiger partial charge in [-0.1, -0.05) is 31.2 Å². The lowest BCUT2D eigenvalue weighted by Gasteiger charge is -2.22. The lowest BCUT2D eigenvalue weighted by Crippen LogP contribution is -2.37. The van der Waals surface area contributed by atoms with E-state index >= 15 is 0 Å². The quantitative estimate of drug-likeness (QED) is 0.828. The highest BCUT2D eigenvalue weighted by molar-refractivity contribution is 5.24. The smallest absolute Gasteiger partial charge is 0.0940 e. The average molecular weight is 263 g/mol. The van der Waals surface area contributed by atoms with Gasteiger partial charge in [0.1, 0.15) is 0 Å². The lowest BCUT2D eigenvalue weighted by atomic mass is 10.0. The van der Waals surface area contributed by atoms with Crippen LogP contribution < -0.4 is 5.32 Å². The molecule has 2 N–H and O–H groups in total. The van der Waals surface area contributed by atoms with E-state index in [2.05, 4.69) is 24.4 Å². The summed E-state index contributed by atoms with van der Waals surface area (Å²) in [7, 11) is 0. The first kappa shape index (κ1) is 14.5. The van der Waals surface area contributed by atoms with Crippen LogP contribution in [-0.4, -0.2) is 30.4 Å². The van der Waals surface area contributed by atoms with Gasteiger partial charge in [0.15, 0.2) is 0 Å². The van der Waals surface area contributed by atoms with Crippen LogP contribution in [0.25, 0.3) is 0 Å². The molecule has 0 aliphatic carbocycles. The van der Waals surface area contributed by atoms with Crippen molar-refractivity contribution in [3.05, 3.63) is 35.4 Å². The monoisotopic (exact) mass is 263 g/mol. The molecular weight excluding hydrogens is 238 g/mol. The van der Waals surface area contributed by atoms with Crippen LogP contribution in [0.2, 0.25) is 0 Å². The fraction of sp³-hybridized carbons (Fsp3) is 0.625. The number of aliphatic hydroxyl groups excluding tert-OH is 1. The third-order valence-corrected chi connectivity index (χ3v) is 3.89. The molecule has 1 aromatic carbocycles. The second-order valence-corrected chi connectivity index (χ2v) is 5.37. The van der Waals surface area contributed by atoms with Crippen molar-refractivity contribution in [3.63, 3.8) is 0 Å². The van der Waals surface area contributed by atoms with E-state index in [0.29, 0.717) is 6.10 Å². The molecule has 0 saturated carbocycles. The maximum absolute atomic E-state index is 10.3. The Morgan fingerprint density at radius 1 is 1.37 bits per heavy atom. The second kappa shape index (κ2) is 7.04. The number of aryl methyl sites for hydroxylation is 1. The zero-order valence-electron chi connectivity index (χ0n) is 11.9. The van der Waals surface area contributed by atoms with E-state index in [1.165, 1.54) is 5.56 Å². The molecule has 0 spiro atoms. The summed E-state index contributed by atoms with van der Waals surface area (Å²) in [6, 6.07) is 8.26. The number of ether oxygens (including phenoxy) is 1. The number of hydrogen-bond acceptors (Lipinski definition) is 3. The number of nitrogens with one attached hydrogen (secondary N) is 1. The number of hydrogen-bond donors (Lipinski definition) is 2. The van der Waals surface area contributed by atoms with Crippen molar-refractivity contribution in [1.29, 1.82) is 0 Å². The molecular formula is C16H25NO2. The first-order valence-electron chi connectivity index (χ1n) is 7.32. The molecule has 1 heterocycles. The van der Waals surface area contributed by atoms with E-state index in [1.54, 1.807) is 0 Å². The van der Waals surface area contributed by atoms with Crippen molar-refractivity contribution >= 4 is 0 Å². The molecule has 0 radical (unpaired) electrons. The van der Waals surface area contributed by atoms with Gasteiger partial charge in [0.2, 0.25) is 0 Å². The Morgan fingerprint density at radius 2 is 2.11 bits per heavy atom. The Bertz CT molecular complexity index is 371. The van der Waals surface area contributed by atoms with Gasteiger partial charge < -0.3 is 15.2 Å². The molecule has 1 aliphatic heterocycles. The molecule has 0 bridgehead atoms. The predicted molar refractivity (Wildman–Crippen MR) is 77.2 cm³/mol. The minimum atomic E-state index is -0.465. The van der Waals surface area contributed by atoms with E-state index in [0.717, 1.165) is 38.0 Å². The van der Waals surface area contributed by atoms with E-state index < -0.39 is 6.10 Å². The van der Waals surface area contributed by atoms with Gasteiger partial charge in [-0.2, -0.15) is 0 Å². The summed E-state index contributed by atoms with van der Waals surface area (Å²) in [5.74, 6) is 0. The second-order valence-electron chi connectivity index (χ2n) is 5.37. The molecule has 0 amide bonds. The molecule has 1 aromatic rings. The number of benzene rings is 1. The molecule has 1 fully saturated rings. The molecule has 2 rings (SSSR count). The van der Waals surface area contributed by atoms with Crippen molar-refractivity contribution < 1.29 is 9.84 Å². The molecule has 1 saturated heterocycles. The van der Waals surface area contributed by atoms with Crippen molar-refractivity contribution in [1.82, 2.24) is 5.32 Å². The summed E-state index contributed by atoms with van der Waals surface area (Å²) < 4.78 is 5.57. The Kier molecular flexibility index (Phi) is 5.37. The topological polar surface area (TPSA) is 41.5 Å². The Labute approximate surface area is 116 Å². The first-order valence-corrected chi connectivity index (χ1v) is 7.32. The zero-order chi connectivity index (χ0) is 13.7. The van der Waals surface area contributed by atoms with Gasteiger partial charge in [0.25, 0.3) is 0 Å². The van der Waals surface area contributed by atoms with Crippen molar-refractivity contribution in [2.75, 3.05) is 13.2 Å². The lowest BCUT2D eigenvalue weighted by molar-refractivity contribution is 0.0910. The minimum Gasteiger partial charge on any atom is -0.387 e. The van der Waals surface area contributed by atoms with Gasteiger partial charge in [-0.25, -0.2) is 0 Å². The van der Waals surface area contributed by atoms with Gasteiger partial charge in [-0.05, 0) is 37.3 Å². The molecule has 19 heavy (non-hydrogen) atoms. The highest BCUT2D eigenvalue weighted by Crippen LogP contribution is 2.18. The van der Waals surface area contributed by atoms with Crippen LogP contribution in [0.15, 0.2) is 24.3 Å². The molecule has 3 heteroatoms. The summed E-state index contributed by atoms with van der Waals surface area (Å²) in [5.41, 5.74) is 2.28. The fourth-order valence-corrected chi connectivity index (χ4v) is 2.47. The fourth-order valence-electron chi connectivity index (χ4n) is 2.47. The van der Waals surface area contributed by atoms with Crippen LogP contribution in [0.5, 0.6) is 0 Å².